The first kappa shape index (κ1) is 31.8. The summed E-state index contributed by atoms with van der Waals surface area (Å²) in [6.07, 6.45) is 0. The molecule has 3 aromatic rings. The number of carbonyl (C=O) groups excluding carboxylic acids is 4. The van der Waals surface area contributed by atoms with Gasteiger partial charge in [-0.2, -0.15) is 20.5 Å². The van der Waals surface area contributed by atoms with Crippen molar-refractivity contribution >= 4 is 69.1 Å². The Morgan fingerprint density at radius 1 is 0.542 bits per heavy atom. The Labute approximate surface area is 262 Å². The van der Waals surface area contributed by atoms with Crippen LogP contribution in [0, 0.1) is 40.5 Å². The zero-order chi connectivity index (χ0) is 34.9. The van der Waals surface area contributed by atoms with Crippen LogP contribution in [0.4, 0.5) is 45.5 Å². The fourth-order valence-corrected chi connectivity index (χ4v) is 4.24. The van der Waals surface area contributed by atoms with Crippen molar-refractivity contribution in [1.29, 1.82) is 0 Å². The van der Waals surface area contributed by atoms with E-state index in [1.54, 1.807) is 0 Å². The van der Waals surface area contributed by atoms with Gasteiger partial charge in [-0.05, 0) is 36.4 Å². The van der Waals surface area contributed by atoms with E-state index in [4.69, 9.17) is 0 Å². The van der Waals surface area contributed by atoms with Gasteiger partial charge in [0, 0.05) is 12.1 Å². The van der Waals surface area contributed by atoms with E-state index >= 15 is 0 Å². The van der Waals surface area contributed by atoms with Gasteiger partial charge in [-0.25, -0.2) is 10.0 Å². The molecule has 2 atom stereocenters. The van der Waals surface area contributed by atoms with Gasteiger partial charge in [-0.3, -0.25) is 70.5 Å². The number of hydrogen-bond donors (Lipinski definition) is 2. The number of non-ortho nitro benzene ring substituents is 2. The normalized spacial score (nSPS) is 17.7. The van der Waals surface area contributed by atoms with Crippen molar-refractivity contribution in [3.8, 4) is 0 Å². The number of nitrogens with zero attached hydrogens (tertiary/aromatic N) is 10. The van der Waals surface area contributed by atoms with Crippen molar-refractivity contribution in [2.75, 3.05) is 10.0 Å². The van der Waals surface area contributed by atoms with Crippen LogP contribution in [0.25, 0.3) is 0 Å². The number of azo groups is 2. The molecule has 0 bridgehead atoms. The maximum atomic E-state index is 12.8. The number of anilines is 2. The van der Waals surface area contributed by atoms with Gasteiger partial charge in [0.1, 0.15) is 11.4 Å². The molecule has 3 aromatic carbocycles. The maximum absolute atomic E-state index is 12.8. The zero-order valence-corrected chi connectivity index (χ0v) is 23.3. The summed E-state index contributed by atoms with van der Waals surface area (Å²) in [5, 5.41) is 60.9. The standard InChI is InChI=1S/C24H14N12O12/c37-21-19(23(39)31(29-21)15-7-5-13(33(41)42)9-17(15)35(45)46)27-25-11-1-2-12(4-3-11)26-28-20-22(38)30-32(24(20)40)16-8-6-14(34(43)44)10-18(16)36(47)48/h1-10,19-20H,(H,29,37)(H,30,38). The van der Waals surface area contributed by atoms with E-state index in [0.717, 1.165) is 24.3 Å². The Balaban J connectivity index is 1.27. The summed E-state index contributed by atoms with van der Waals surface area (Å²) >= 11 is 0. The van der Waals surface area contributed by atoms with Crippen LogP contribution in [-0.2, 0) is 19.2 Å². The van der Waals surface area contributed by atoms with Crippen LogP contribution in [0.3, 0.4) is 0 Å². The number of nitro groups is 4. The minimum Gasteiger partial charge on any atom is -0.270 e. The molecule has 0 radical (unpaired) electrons. The molecule has 0 aromatic heterocycles. The molecule has 2 fully saturated rings. The van der Waals surface area contributed by atoms with Crippen molar-refractivity contribution in [2.24, 2.45) is 20.5 Å². The second kappa shape index (κ2) is 12.4. The van der Waals surface area contributed by atoms with Crippen LogP contribution in [0.5, 0.6) is 0 Å². The lowest BCUT2D eigenvalue weighted by Crippen LogP contribution is -2.36. The van der Waals surface area contributed by atoms with Crippen LogP contribution in [0.15, 0.2) is 81.1 Å². The topological polar surface area (TPSA) is 321 Å². The van der Waals surface area contributed by atoms with Gasteiger partial charge in [-0.1, -0.05) is 0 Å². The SMILES string of the molecule is O=C1NN(c2ccc([N+](=O)[O-])cc2[N+](=O)[O-])C(=O)C1N=Nc1ccc(N=NC2C(=O)NN(c3ccc([N+](=O)[O-])cc3[N+](=O)[O-])C2=O)cc1. The smallest absolute Gasteiger partial charge is 0.270 e. The summed E-state index contributed by atoms with van der Waals surface area (Å²) in [6, 6.07) is 6.58. The third-order valence-electron chi connectivity index (χ3n) is 6.49. The molecule has 0 saturated carbocycles. The minimum absolute atomic E-state index is 0.0839. The summed E-state index contributed by atoms with van der Waals surface area (Å²) in [5.74, 6) is -4.10. The summed E-state index contributed by atoms with van der Waals surface area (Å²) in [7, 11) is 0. The number of amides is 4. The first-order valence-electron chi connectivity index (χ1n) is 12.8. The van der Waals surface area contributed by atoms with Crippen LogP contribution in [0.2, 0.25) is 0 Å². The molecule has 5 rings (SSSR count). The molecule has 0 aliphatic carbocycles. The van der Waals surface area contributed by atoms with Gasteiger partial charge in [0.05, 0.1) is 43.2 Å². The minimum atomic E-state index is -1.76. The Morgan fingerprint density at radius 2 is 0.896 bits per heavy atom. The van der Waals surface area contributed by atoms with E-state index in [2.05, 4.69) is 31.3 Å². The number of hydrazine groups is 2. The first-order chi connectivity index (χ1) is 22.8. The molecular formula is C24H14N12O12. The van der Waals surface area contributed by atoms with Crippen molar-refractivity contribution in [3.05, 3.63) is 101 Å². The first-order valence-corrected chi connectivity index (χ1v) is 12.8. The van der Waals surface area contributed by atoms with Crippen LogP contribution >= 0.6 is 0 Å². The number of carbonyl (C=O) groups is 4. The van der Waals surface area contributed by atoms with Crippen molar-refractivity contribution in [3.63, 3.8) is 0 Å². The second-order valence-electron chi connectivity index (χ2n) is 9.43. The predicted molar refractivity (Wildman–Crippen MR) is 154 cm³/mol. The monoisotopic (exact) mass is 662 g/mol. The summed E-state index contributed by atoms with van der Waals surface area (Å²) < 4.78 is 0. The van der Waals surface area contributed by atoms with Gasteiger partial charge < -0.3 is 0 Å². The Bertz CT molecular complexity index is 1870. The second-order valence-corrected chi connectivity index (χ2v) is 9.43. The molecule has 2 aliphatic rings. The maximum Gasteiger partial charge on any atom is 0.301 e. The molecule has 2 unspecified atom stereocenters. The van der Waals surface area contributed by atoms with Crippen LogP contribution in [-0.4, -0.2) is 55.4 Å². The summed E-state index contributed by atoms with van der Waals surface area (Å²) in [6.45, 7) is 0. The molecule has 4 amide bonds. The van der Waals surface area contributed by atoms with Gasteiger partial charge in [0.2, 0.25) is 12.1 Å². The van der Waals surface area contributed by atoms with Gasteiger partial charge >= 0.3 is 11.4 Å². The third-order valence-corrected chi connectivity index (χ3v) is 6.49. The van der Waals surface area contributed by atoms with E-state index in [9.17, 15) is 59.6 Å². The van der Waals surface area contributed by atoms with E-state index < -0.39 is 89.5 Å². The molecule has 242 valence electrons. The van der Waals surface area contributed by atoms with Gasteiger partial charge in [0.25, 0.3) is 35.0 Å². The van der Waals surface area contributed by atoms with Crippen molar-refractivity contribution < 1.29 is 38.9 Å². The lowest BCUT2D eigenvalue weighted by molar-refractivity contribution is -0.394. The lowest BCUT2D eigenvalue weighted by Gasteiger charge is -2.14. The molecule has 24 heteroatoms. The highest BCUT2D eigenvalue weighted by molar-refractivity contribution is 6.19. The number of benzene rings is 3. The quantitative estimate of drug-likeness (QED) is 0.137. The van der Waals surface area contributed by atoms with E-state index in [1.807, 2.05) is 0 Å². The highest BCUT2D eigenvalue weighted by atomic mass is 16.6. The molecule has 2 saturated heterocycles. The van der Waals surface area contributed by atoms with Crippen molar-refractivity contribution in [2.45, 2.75) is 12.1 Å². The molecule has 2 aliphatic heterocycles. The van der Waals surface area contributed by atoms with Crippen molar-refractivity contribution in [1.82, 2.24) is 10.9 Å². The van der Waals surface area contributed by atoms with E-state index in [0.29, 0.717) is 22.2 Å². The van der Waals surface area contributed by atoms with Crippen LogP contribution < -0.4 is 20.9 Å². The zero-order valence-electron chi connectivity index (χ0n) is 23.3. The molecule has 2 heterocycles. The summed E-state index contributed by atoms with van der Waals surface area (Å²) in [5.41, 5.74) is 0.615. The van der Waals surface area contributed by atoms with E-state index in [1.165, 1.54) is 24.3 Å². The number of nitrogens with one attached hydrogen (secondary N) is 2. The highest BCUT2D eigenvalue weighted by Crippen LogP contribution is 2.35. The Morgan fingerprint density at radius 3 is 1.21 bits per heavy atom. The lowest BCUT2D eigenvalue weighted by atomic mass is 10.2. The average molecular weight is 662 g/mol. The Hall–Kier alpha value is -7.66. The number of hydrogen-bond acceptors (Lipinski definition) is 16. The Kier molecular flexibility index (Phi) is 8.19. The molecule has 0 spiro atoms. The predicted octanol–water partition coefficient (Wildman–Crippen LogP) is 2.38. The third kappa shape index (κ3) is 6.01. The summed E-state index contributed by atoms with van der Waals surface area (Å²) in [4.78, 5) is 91.7. The van der Waals surface area contributed by atoms with E-state index in [-0.39, 0.29) is 11.4 Å². The highest BCUT2D eigenvalue weighted by Gasteiger charge is 2.44. The van der Waals surface area contributed by atoms with Crippen LogP contribution in [0.1, 0.15) is 0 Å². The number of rotatable bonds is 10. The largest absolute Gasteiger partial charge is 0.301 e. The fourth-order valence-electron chi connectivity index (χ4n) is 4.24. The van der Waals surface area contributed by atoms with Gasteiger partial charge in [-0.15, -0.1) is 0 Å². The fraction of sp³-hybridized carbons (Fsp3) is 0.0833. The van der Waals surface area contributed by atoms with Gasteiger partial charge in [0.15, 0.2) is 0 Å². The number of nitro benzene ring substituents is 4. The molecular weight excluding hydrogens is 648 g/mol. The molecule has 2 N–H and O–H groups in total. The average Bonchev–Trinajstić information content (AvgIpc) is 3.50. The molecule has 24 nitrogen and oxygen atoms in total. The molecule has 48 heavy (non-hydrogen) atoms.